The highest BCUT2D eigenvalue weighted by atomic mass is 16.5. The van der Waals surface area contributed by atoms with Crippen LogP contribution in [0.3, 0.4) is 0 Å². The van der Waals surface area contributed by atoms with Crippen molar-refractivity contribution >= 4 is 16.9 Å². The van der Waals surface area contributed by atoms with Gasteiger partial charge in [0.2, 0.25) is 5.56 Å². The fourth-order valence-electron chi connectivity index (χ4n) is 1.46. The lowest BCUT2D eigenvalue weighted by Gasteiger charge is -2.03. The van der Waals surface area contributed by atoms with Crippen molar-refractivity contribution in [2.24, 2.45) is 0 Å². The Morgan fingerprint density at radius 2 is 2.07 bits per heavy atom. The maximum Gasteiger partial charge on any atom is 0.339 e. The number of esters is 1. The van der Waals surface area contributed by atoms with Crippen molar-refractivity contribution in [3.63, 3.8) is 0 Å². The molecule has 0 unspecified atom stereocenters. The number of aromatic amines is 1. The van der Waals surface area contributed by atoms with E-state index in [4.69, 9.17) is 0 Å². The molecule has 1 heterocycles. The molecule has 4 nitrogen and oxygen atoms in total. The highest BCUT2D eigenvalue weighted by Gasteiger charge is 2.09. The molecule has 0 aliphatic carbocycles. The van der Waals surface area contributed by atoms with Crippen LogP contribution >= 0.6 is 0 Å². The maximum atomic E-state index is 11.4. The summed E-state index contributed by atoms with van der Waals surface area (Å²) < 4.78 is 4.62. The largest absolute Gasteiger partial charge is 0.465 e. The lowest BCUT2D eigenvalue weighted by Crippen LogP contribution is -2.08. The molecule has 1 aromatic heterocycles. The van der Waals surface area contributed by atoms with E-state index < -0.39 is 5.97 Å². The Morgan fingerprint density at radius 1 is 1.27 bits per heavy atom. The Kier molecular flexibility index (Phi) is 2.25. The molecule has 0 saturated heterocycles. The SMILES string of the molecule is COC(=O)c1cccc2ccc(=O)[nH]c12. The molecule has 1 aromatic carbocycles. The van der Waals surface area contributed by atoms with Crippen molar-refractivity contribution in [2.45, 2.75) is 0 Å². The van der Waals surface area contributed by atoms with Crippen LogP contribution < -0.4 is 5.56 Å². The van der Waals surface area contributed by atoms with Crippen LogP contribution in [0, 0.1) is 0 Å². The molecule has 0 atom stereocenters. The molecule has 0 aliphatic heterocycles. The van der Waals surface area contributed by atoms with Gasteiger partial charge in [-0.05, 0) is 17.5 Å². The van der Waals surface area contributed by atoms with E-state index in [9.17, 15) is 9.59 Å². The van der Waals surface area contributed by atoms with E-state index in [1.54, 1.807) is 18.2 Å². The van der Waals surface area contributed by atoms with Gasteiger partial charge in [0.05, 0.1) is 18.2 Å². The van der Waals surface area contributed by atoms with E-state index in [0.29, 0.717) is 11.1 Å². The standard InChI is InChI=1S/C11H9NO3/c1-15-11(14)8-4-2-3-7-5-6-9(13)12-10(7)8/h2-6H,1H3,(H,12,13). The molecular weight excluding hydrogens is 194 g/mol. The second-order valence-electron chi connectivity index (χ2n) is 3.08. The van der Waals surface area contributed by atoms with E-state index >= 15 is 0 Å². The molecule has 0 fully saturated rings. The van der Waals surface area contributed by atoms with Crippen LogP contribution in [0.5, 0.6) is 0 Å². The smallest absolute Gasteiger partial charge is 0.339 e. The van der Waals surface area contributed by atoms with Crippen molar-refractivity contribution in [2.75, 3.05) is 7.11 Å². The summed E-state index contributed by atoms with van der Waals surface area (Å²) in [5.41, 5.74) is 0.642. The Morgan fingerprint density at radius 3 is 2.80 bits per heavy atom. The summed E-state index contributed by atoms with van der Waals surface area (Å²) in [6, 6.07) is 8.26. The van der Waals surface area contributed by atoms with Crippen molar-refractivity contribution in [1.82, 2.24) is 4.98 Å². The summed E-state index contributed by atoms with van der Waals surface area (Å²) in [4.78, 5) is 25.2. The van der Waals surface area contributed by atoms with Gasteiger partial charge in [-0.3, -0.25) is 4.79 Å². The third kappa shape index (κ3) is 1.61. The van der Waals surface area contributed by atoms with Gasteiger partial charge in [0.15, 0.2) is 0 Å². The molecule has 76 valence electrons. The molecular formula is C11H9NO3. The van der Waals surface area contributed by atoms with E-state index in [2.05, 4.69) is 9.72 Å². The van der Waals surface area contributed by atoms with Crippen LogP contribution in [0.4, 0.5) is 0 Å². The van der Waals surface area contributed by atoms with Crippen LogP contribution in [0.2, 0.25) is 0 Å². The predicted molar refractivity (Wildman–Crippen MR) is 55.9 cm³/mol. The molecule has 0 amide bonds. The number of carbonyl (C=O) groups is 1. The van der Waals surface area contributed by atoms with Gasteiger partial charge in [-0.25, -0.2) is 4.79 Å². The third-order valence-electron chi connectivity index (χ3n) is 2.16. The molecule has 0 radical (unpaired) electrons. The Labute approximate surface area is 85.5 Å². The number of methoxy groups -OCH3 is 1. The molecule has 1 N–H and O–H groups in total. The lowest BCUT2D eigenvalue weighted by molar-refractivity contribution is 0.0603. The van der Waals surface area contributed by atoms with E-state index in [1.807, 2.05) is 6.07 Å². The molecule has 0 bridgehead atoms. The highest BCUT2D eigenvalue weighted by molar-refractivity contribution is 6.02. The van der Waals surface area contributed by atoms with Gasteiger partial charge in [0, 0.05) is 6.07 Å². The van der Waals surface area contributed by atoms with E-state index in [-0.39, 0.29) is 5.56 Å². The minimum atomic E-state index is -0.456. The van der Waals surface area contributed by atoms with Crippen molar-refractivity contribution in [3.05, 3.63) is 46.2 Å². The number of carbonyl (C=O) groups excluding carboxylic acids is 1. The van der Waals surface area contributed by atoms with E-state index in [0.717, 1.165) is 5.39 Å². The summed E-state index contributed by atoms with van der Waals surface area (Å²) in [6.45, 7) is 0. The summed E-state index contributed by atoms with van der Waals surface area (Å²) in [7, 11) is 1.31. The summed E-state index contributed by atoms with van der Waals surface area (Å²) >= 11 is 0. The minimum absolute atomic E-state index is 0.237. The molecule has 2 aromatic rings. The fourth-order valence-corrected chi connectivity index (χ4v) is 1.46. The van der Waals surface area contributed by atoms with Crippen LogP contribution in [0.25, 0.3) is 10.9 Å². The second-order valence-corrected chi connectivity index (χ2v) is 3.08. The van der Waals surface area contributed by atoms with Crippen LogP contribution in [0.1, 0.15) is 10.4 Å². The number of nitrogens with one attached hydrogen (secondary N) is 1. The summed E-state index contributed by atoms with van der Waals surface area (Å²) in [5.74, 6) is -0.456. The number of hydrogen-bond acceptors (Lipinski definition) is 3. The number of aromatic nitrogens is 1. The number of rotatable bonds is 1. The number of benzene rings is 1. The molecule has 15 heavy (non-hydrogen) atoms. The number of ether oxygens (including phenoxy) is 1. The van der Waals surface area contributed by atoms with Gasteiger partial charge in [0.1, 0.15) is 0 Å². The highest BCUT2D eigenvalue weighted by Crippen LogP contribution is 2.15. The Bertz CT molecular complexity index is 571. The minimum Gasteiger partial charge on any atom is -0.465 e. The lowest BCUT2D eigenvalue weighted by atomic mass is 10.1. The van der Waals surface area contributed by atoms with Gasteiger partial charge in [-0.2, -0.15) is 0 Å². The van der Waals surface area contributed by atoms with Crippen LogP contribution in [0.15, 0.2) is 35.1 Å². The van der Waals surface area contributed by atoms with Crippen molar-refractivity contribution in [3.8, 4) is 0 Å². The van der Waals surface area contributed by atoms with Gasteiger partial charge in [-0.1, -0.05) is 12.1 Å². The zero-order chi connectivity index (χ0) is 10.8. The topological polar surface area (TPSA) is 59.2 Å². The van der Waals surface area contributed by atoms with Crippen molar-refractivity contribution < 1.29 is 9.53 Å². The average molecular weight is 203 g/mol. The van der Waals surface area contributed by atoms with Gasteiger partial charge in [0.25, 0.3) is 0 Å². The number of fused-ring (bicyclic) bond motifs is 1. The Balaban J connectivity index is 2.79. The molecule has 4 heteroatoms. The zero-order valence-electron chi connectivity index (χ0n) is 8.11. The first-order chi connectivity index (χ1) is 7.22. The van der Waals surface area contributed by atoms with Gasteiger partial charge < -0.3 is 9.72 Å². The van der Waals surface area contributed by atoms with Crippen LogP contribution in [-0.2, 0) is 4.74 Å². The zero-order valence-corrected chi connectivity index (χ0v) is 8.11. The fraction of sp³-hybridized carbons (Fsp3) is 0.0909. The predicted octanol–water partition coefficient (Wildman–Crippen LogP) is 1.31. The van der Waals surface area contributed by atoms with Crippen molar-refractivity contribution in [1.29, 1.82) is 0 Å². The summed E-state index contributed by atoms with van der Waals surface area (Å²) in [5, 5.41) is 0.803. The Hall–Kier alpha value is -2.10. The molecule has 0 aliphatic rings. The van der Waals surface area contributed by atoms with Gasteiger partial charge >= 0.3 is 5.97 Å². The second kappa shape index (κ2) is 3.57. The first-order valence-electron chi connectivity index (χ1n) is 4.43. The first kappa shape index (κ1) is 9.45. The quantitative estimate of drug-likeness (QED) is 0.711. The van der Waals surface area contributed by atoms with Gasteiger partial charge in [-0.15, -0.1) is 0 Å². The molecule has 2 rings (SSSR count). The normalized spacial score (nSPS) is 10.2. The summed E-state index contributed by atoms with van der Waals surface area (Å²) in [6.07, 6.45) is 0. The maximum absolute atomic E-state index is 11.4. The van der Waals surface area contributed by atoms with Crippen LogP contribution in [-0.4, -0.2) is 18.1 Å². The third-order valence-corrected chi connectivity index (χ3v) is 2.16. The van der Waals surface area contributed by atoms with E-state index in [1.165, 1.54) is 13.2 Å². The number of pyridine rings is 1. The first-order valence-corrected chi connectivity index (χ1v) is 4.43. The number of H-pyrrole nitrogens is 1. The molecule has 0 saturated carbocycles. The number of para-hydroxylation sites is 1. The monoisotopic (exact) mass is 203 g/mol. The molecule has 0 spiro atoms. The number of hydrogen-bond donors (Lipinski definition) is 1. The average Bonchev–Trinajstić information content (AvgIpc) is 2.27.